The molecule has 2 N–H and O–H groups in total. The molecule has 1 aromatic heterocycles. The zero-order valence-corrected chi connectivity index (χ0v) is 12.1. The zero-order chi connectivity index (χ0) is 12.5. The summed E-state index contributed by atoms with van der Waals surface area (Å²) in [6.07, 6.45) is 2.38. The molecule has 1 aliphatic rings. The Kier molecular flexibility index (Phi) is 3.30. The molecular formula is C12H13BrN4S. The van der Waals surface area contributed by atoms with Crippen molar-refractivity contribution in [2.45, 2.75) is 29.8 Å². The molecule has 1 heterocycles. The highest BCUT2D eigenvalue weighted by Crippen LogP contribution is 2.39. The molecule has 0 radical (unpaired) electrons. The van der Waals surface area contributed by atoms with Crippen molar-refractivity contribution < 1.29 is 0 Å². The van der Waals surface area contributed by atoms with Crippen LogP contribution in [-0.4, -0.2) is 14.8 Å². The number of thioether (sulfide) groups is 1. The largest absolute Gasteiger partial charge is 0.368 e. The highest BCUT2D eigenvalue weighted by Gasteiger charge is 2.28. The standard InChI is InChI=1S/C12H13BrN4S/c13-9-3-1-8(2-4-9)7-18-12-16-15-11(14)17(12)10-5-6-10/h1-4,10H,5-7H2,(H2,14,15). The molecule has 0 amide bonds. The lowest BCUT2D eigenvalue weighted by Gasteiger charge is -2.05. The van der Waals surface area contributed by atoms with E-state index in [1.54, 1.807) is 11.8 Å². The van der Waals surface area contributed by atoms with Gasteiger partial charge in [0.25, 0.3) is 0 Å². The lowest BCUT2D eigenvalue weighted by molar-refractivity contribution is 0.671. The quantitative estimate of drug-likeness (QED) is 0.877. The number of nitrogens with zero attached hydrogens (tertiary/aromatic N) is 3. The molecule has 6 heteroatoms. The summed E-state index contributed by atoms with van der Waals surface area (Å²) in [5, 5.41) is 9.05. The van der Waals surface area contributed by atoms with Crippen molar-refractivity contribution in [2.75, 3.05) is 5.73 Å². The molecule has 4 nitrogen and oxygen atoms in total. The van der Waals surface area contributed by atoms with Gasteiger partial charge in [0.2, 0.25) is 5.95 Å². The molecule has 0 unspecified atom stereocenters. The average Bonchev–Trinajstić information content (AvgIpc) is 3.13. The smallest absolute Gasteiger partial charge is 0.222 e. The second-order valence-electron chi connectivity index (χ2n) is 4.36. The minimum atomic E-state index is 0.521. The molecule has 1 aliphatic carbocycles. The number of anilines is 1. The number of nitrogens with two attached hydrogens (primary N) is 1. The third-order valence-corrected chi connectivity index (χ3v) is 4.43. The van der Waals surface area contributed by atoms with Gasteiger partial charge in [-0.15, -0.1) is 10.2 Å². The van der Waals surface area contributed by atoms with E-state index in [4.69, 9.17) is 5.73 Å². The van der Waals surface area contributed by atoms with Gasteiger partial charge in [-0.25, -0.2) is 0 Å². The molecule has 1 fully saturated rings. The first-order valence-corrected chi connectivity index (χ1v) is 7.59. The molecule has 0 saturated heterocycles. The van der Waals surface area contributed by atoms with E-state index in [1.165, 1.54) is 18.4 Å². The molecule has 1 saturated carbocycles. The van der Waals surface area contributed by atoms with Crippen molar-refractivity contribution in [1.29, 1.82) is 0 Å². The van der Waals surface area contributed by atoms with Crippen LogP contribution < -0.4 is 5.73 Å². The summed E-state index contributed by atoms with van der Waals surface area (Å²) in [6, 6.07) is 8.84. The highest BCUT2D eigenvalue weighted by atomic mass is 79.9. The van der Waals surface area contributed by atoms with Crippen LogP contribution in [0.4, 0.5) is 5.95 Å². The third kappa shape index (κ3) is 2.54. The Labute approximate surface area is 118 Å². The van der Waals surface area contributed by atoms with E-state index >= 15 is 0 Å². The minimum absolute atomic E-state index is 0.521. The molecule has 18 heavy (non-hydrogen) atoms. The number of benzene rings is 1. The molecule has 3 rings (SSSR count). The maximum absolute atomic E-state index is 5.84. The monoisotopic (exact) mass is 324 g/mol. The van der Waals surface area contributed by atoms with Crippen LogP contribution in [0.3, 0.4) is 0 Å². The Balaban J connectivity index is 1.71. The summed E-state index contributed by atoms with van der Waals surface area (Å²) in [5.41, 5.74) is 7.11. The van der Waals surface area contributed by atoms with Crippen LogP contribution in [0.25, 0.3) is 0 Å². The number of aromatic nitrogens is 3. The van der Waals surface area contributed by atoms with E-state index in [9.17, 15) is 0 Å². The highest BCUT2D eigenvalue weighted by molar-refractivity contribution is 9.10. The van der Waals surface area contributed by atoms with Gasteiger partial charge in [-0.3, -0.25) is 4.57 Å². The van der Waals surface area contributed by atoms with Gasteiger partial charge in [-0.1, -0.05) is 39.8 Å². The number of hydrogen-bond donors (Lipinski definition) is 1. The molecule has 1 aromatic carbocycles. The molecule has 0 spiro atoms. The summed E-state index contributed by atoms with van der Waals surface area (Å²) in [5.74, 6) is 1.42. The lowest BCUT2D eigenvalue weighted by Crippen LogP contribution is -2.02. The first-order valence-electron chi connectivity index (χ1n) is 5.81. The van der Waals surface area contributed by atoms with Crippen LogP contribution >= 0.6 is 27.7 Å². The predicted octanol–water partition coefficient (Wildman–Crippen LogP) is 3.25. The topological polar surface area (TPSA) is 56.7 Å². The Bertz CT molecular complexity index is 548. The Hall–Kier alpha value is -1.01. The summed E-state index contributed by atoms with van der Waals surface area (Å²) < 4.78 is 3.16. The summed E-state index contributed by atoms with van der Waals surface area (Å²) >= 11 is 5.12. The van der Waals surface area contributed by atoms with Gasteiger partial charge in [-0.2, -0.15) is 0 Å². The average molecular weight is 325 g/mol. The van der Waals surface area contributed by atoms with Crippen LogP contribution in [0, 0.1) is 0 Å². The second kappa shape index (κ2) is 4.93. The molecule has 0 atom stereocenters. The second-order valence-corrected chi connectivity index (χ2v) is 6.22. The zero-order valence-electron chi connectivity index (χ0n) is 9.71. The minimum Gasteiger partial charge on any atom is -0.368 e. The fourth-order valence-electron chi connectivity index (χ4n) is 1.79. The number of hydrogen-bond acceptors (Lipinski definition) is 4. The lowest BCUT2D eigenvalue weighted by atomic mass is 10.2. The Morgan fingerprint density at radius 3 is 2.67 bits per heavy atom. The molecule has 94 valence electrons. The van der Waals surface area contributed by atoms with Gasteiger partial charge in [0.1, 0.15) is 0 Å². The molecule has 2 aromatic rings. The van der Waals surface area contributed by atoms with Crippen molar-refractivity contribution in [3.63, 3.8) is 0 Å². The summed E-state index contributed by atoms with van der Waals surface area (Å²) in [7, 11) is 0. The maximum Gasteiger partial charge on any atom is 0.222 e. The number of halogens is 1. The fraction of sp³-hybridized carbons (Fsp3) is 0.333. The fourth-order valence-corrected chi connectivity index (χ4v) is 3.02. The predicted molar refractivity (Wildman–Crippen MR) is 76.4 cm³/mol. The van der Waals surface area contributed by atoms with Crippen molar-refractivity contribution >= 4 is 33.6 Å². The van der Waals surface area contributed by atoms with E-state index in [1.807, 2.05) is 0 Å². The van der Waals surface area contributed by atoms with Gasteiger partial charge in [0, 0.05) is 16.3 Å². The molecule has 0 aliphatic heterocycles. The molecular weight excluding hydrogens is 312 g/mol. The summed E-state index contributed by atoms with van der Waals surface area (Å²) in [6.45, 7) is 0. The normalized spacial score (nSPS) is 14.9. The number of rotatable bonds is 4. The third-order valence-electron chi connectivity index (χ3n) is 2.88. The van der Waals surface area contributed by atoms with Crippen LogP contribution in [0.2, 0.25) is 0 Å². The SMILES string of the molecule is Nc1nnc(SCc2ccc(Br)cc2)n1C1CC1. The van der Waals surface area contributed by atoms with Crippen LogP contribution in [0.1, 0.15) is 24.4 Å². The van der Waals surface area contributed by atoms with E-state index in [-0.39, 0.29) is 0 Å². The first-order chi connectivity index (χ1) is 8.74. The van der Waals surface area contributed by atoms with Gasteiger partial charge in [0.05, 0.1) is 0 Å². The van der Waals surface area contributed by atoms with Crippen LogP contribution in [0.15, 0.2) is 33.9 Å². The first kappa shape index (κ1) is 12.0. The van der Waals surface area contributed by atoms with Gasteiger partial charge < -0.3 is 5.73 Å². The van der Waals surface area contributed by atoms with E-state index in [0.717, 1.165) is 15.4 Å². The van der Waals surface area contributed by atoms with E-state index in [0.29, 0.717) is 12.0 Å². The van der Waals surface area contributed by atoms with Crippen molar-refractivity contribution in [3.05, 3.63) is 34.3 Å². The van der Waals surface area contributed by atoms with Crippen LogP contribution in [0.5, 0.6) is 0 Å². The van der Waals surface area contributed by atoms with E-state index < -0.39 is 0 Å². The molecule has 0 bridgehead atoms. The van der Waals surface area contributed by atoms with Gasteiger partial charge in [-0.05, 0) is 30.5 Å². The Morgan fingerprint density at radius 1 is 1.28 bits per heavy atom. The van der Waals surface area contributed by atoms with Crippen LogP contribution in [-0.2, 0) is 5.75 Å². The van der Waals surface area contributed by atoms with E-state index in [2.05, 4.69) is 55.0 Å². The van der Waals surface area contributed by atoms with Crippen molar-refractivity contribution in [2.24, 2.45) is 0 Å². The summed E-state index contributed by atoms with van der Waals surface area (Å²) in [4.78, 5) is 0. The van der Waals surface area contributed by atoms with Crippen molar-refractivity contribution in [1.82, 2.24) is 14.8 Å². The number of nitrogen functional groups attached to an aromatic ring is 1. The Morgan fingerprint density at radius 2 is 2.00 bits per heavy atom. The van der Waals surface area contributed by atoms with Gasteiger partial charge >= 0.3 is 0 Å². The maximum atomic E-state index is 5.84. The van der Waals surface area contributed by atoms with Crippen molar-refractivity contribution in [3.8, 4) is 0 Å². The van der Waals surface area contributed by atoms with Gasteiger partial charge in [0.15, 0.2) is 5.16 Å².